The standard InChI is InChI=1S/C14H12N4O.C9H13N/c19-9-16-11-5-3-4-10(8-11)13-17-12-6-1-2-7-15-14(12)18-13;1-8-5-4-6-9(7-8)10(2)3/h2-9H,1H2,(H,16,19)(H,15,17,18);4-7H,1-3H3. The molecule has 148 valence electrons. The molecule has 0 atom stereocenters. The summed E-state index contributed by atoms with van der Waals surface area (Å²) in [5.41, 5.74) is 4.91. The molecule has 4 rings (SSSR count). The van der Waals surface area contributed by atoms with Crippen LogP contribution >= 0.6 is 0 Å². The number of H-pyrrole nitrogens is 1. The second-order valence-corrected chi connectivity index (χ2v) is 6.85. The third-order valence-electron chi connectivity index (χ3n) is 4.35. The molecule has 2 heterocycles. The summed E-state index contributed by atoms with van der Waals surface area (Å²) in [6, 6.07) is 15.9. The van der Waals surface area contributed by atoms with Crippen molar-refractivity contribution in [3.8, 4) is 11.4 Å². The Labute approximate surface area is 170 Å². The molecule has 0 spiro atoms. The molecule has 1 aliphatic rings. The molecule has 0 bridgehead atoms. The first-order valence-corrected chi connectivity index (χ1v) is 9.40. The van der Waals surface area contributed by atoms with Gasteiger partial charge in [0.2, 0.25) is 6.41 Å². The van der Waals surface area contributed by atoms with Gasteiger partial charge in [-0.3, -0.25) is 4.79 Å². The summed E-state index contributed by atoms with van der Waals surface area (Å²) in [5.74, 6) is 0.745. The van der Waals surface area contributed by atoms with E-state index in [1.807, 2.05) is 36.4 Å². The fourth-order valence-corrected chi connectivity index (χ4v) is 2.86. The van der Waals surface area contributed by atoms with Crippen LogP contribution in [0.5, 0.6) is 0 Å². The molecule has 0 radical (unpaired) electrons. The van der Waals surface area contributed by atoms with Gasteiger partial charge in [0, 0.05) is 37.2 Å². The zero-order valence-corrected chi connectivity index (χ0v) is 16.9. The molecule has 2 N–H and O–H groups in total. The molecule has 0 saturated heterocycles. The average molecular weight is 387 g/mol. The lowest BCUT2D eigenvalue weighted by atomic mass is 10.2. The van der Waals surface area contributed by atoms with E-state index in [9.17, 15) is 4.79 Å². The molecule has 2 aromatic carbocycles. The minimum absolute atomic E-state index is 0.657. The van der Waals surface area contributed by atoms with Gasteiger partial charge in [0.15, 0.2) is 5.49 Å². The topological polar surface area (TPSA) is 73.4 Å². The monoisotopic (exact) mass is 387 g/mol. The molecule has 6 nitrogen and oxygen atoms in total. The maximum atomic E-state index is 10.5. The fraction of sp³-hybridized carbons (Fsp3) is 0.174. The molecule has 0 fully saturated rings. The van der Waals surface area contributed by atoms with Gasteiger partial charge in [-0.25, -0.2) is 9.98 Å². The van der Waals surface area contributed by atoms with Crippen molar-refractivity contribution in [2.24, 2.45) is 4.99 Å². The maximum Gasteiger partial charge on any atom is 0.211 e. The average Bonchev–Trinajstić information content (AvgIpc) is 3.00. The molecular weight excluding hydrogens is 362 g/mol. The van der Waals surface area contributed by atoms with E-state index in [1.165, 1.54) is 11.3 Å². The molecule has 1 amide bonds. The lowest BCUT2D eigenvalue weighted by molar-refractivity contribution is -0.105. The summed E-state index contributed by atoms with van der Waals surface area (Å²) in [7, 11) is 4.10. The van der Waals surface area contributed by atoms with E-state index >= 15 is 0 Å². The number of aromatic amines is 1. The van der Waals surface area contributed by atoms with Crippen molar-refractivity contribution >= 4 is 23.9 Å². The van der Waals surface area contributed by atoms with E-state index in [-0.39, 0.29) is 0 Å². The van der Waals surface area contributed by atoms with Crippen LogP contribution in [-0.4, -0.2) is 30.5 Å². The van der Waals surface area contributed by atoms with Gasteiger partial charge in [-0.05, 0) is 43.2 Å². The number of amides is 1. The molecular formula is C23H25N5O. The summed E-state index contributed by atoms with van der Waals surface area (Å²) in [6.45, 7) is 2.10. The molecule has 1 aliphatic heterocycles. The Bertz CT molecular complexity index is 1130. The number of carbonyl (C=O) groups is 1. The van der Waals surface area contributed by atoms with Crippen LogP contribution in [0.3, 0.4) is 0 Å². The Balaban J connectivity index is 0.000000204. The number of fused-ring (bicyclic) bond motifs is 1. The quantitative estimate of drug-likeness (QED) is 0.676. The Morgan fingerprint density at radius 1 is 1.14 bits per heavy atom. The van der Waals surface area contributed by atoms with E-state index in [1.54, 1.807) is 6.20 Å². The predicted octanol–water partition coefficient (Wildman–Crippen LogP) is 3.02. The van der Waals surface area contributed by atoms with Crippen LogP contribution in [0.25, 0.3) is 17.5 Å². The highest BCUT2D eigenvalue weighted by Crippen LogP contribution is 2.17. The van der Waals surface area contributed by atoms with Gasteiger partial charge in [0.25, 0.3) is 0 Å². The molecule has 1 aromatic heterocycles. The van der Waals surface area contributed by atoms with Crippen LogP contribution in [-0.2, 0) is 4.79 Å². The number of hydrogen-bond acceptors (Lipinski definition) is 4. The zero-order chi connectivity index (χ0) is 20.6. The summed E-state index contributed by atoms with van der Waals surface area (Å²) in [4.78, 5) is 24.5. The second-order valence-electron chi connectivity index (χ2n) is 6.85. The number of rotatable bonds is 4. The lowest BCUT2D eigenvalue weighted by Gasteiger charge is -2.11. The number of hydrogen-bond donors (Lipinski definition) is 2. The minimum Gasteiger partial charge on any atom is -0.378 e. The summed E-state index contributed by atoms with van der Waals surface area (Å²) < 4.78 is 0. The van der Waals surface area contributed by atoms with Gasteiger partial charge in [0.05, 0.1) is 5.35 Å². The first-order chi connectivity index (χ1) is 14.1. The van der Waals surface area contributed by atoms with Crippen molar-refractivity contribution < 1.29 is 4.79 Å². The van der Waals surface area contributed by atoms with E-state index in [0.29, 0.717) is 11.9 Å². The first kappa shape index (κ1) is 20.1. The first-order valence-electron chi connectivity index (χ1n) is 9.40. The number of carbonyl (C=O) groups excluding carboxylic acids is 1. The fourth-order valence-electron chi connectivity index (χ4n) is 2.86. The van der Waals surface area contributed by atoms with E-state index in [4.69, 9.17) is 0 Å². The molecule has 0 saturated carbocycles. The molecule has 3 aromatic rings. The van der Waals surface area contributed by atoms with E-state index in [2.05, 4.69) is 70.5 Å². The number of nitrogens with one attached hydrogen (secondary N) is 2. The van der Waals surface area contributed by atoms with Crippen molar-refractivity contribution in [3.05, 3.63) is 77.2 Å². The summed E-state index contributed by atoms with van der Waals surface area (Å²) >= 11 is 0. The van der Waals surface area contributed by atoms with Gasteiger partial charge in [0.1, 0.15) is 5.82 Å². The van der Waals surface area contributed by atoms with Crippen LogP contribution in [0.2, 0.25) is 0 Å². The number of nitrogens with zero attached hydrogens (tertiary/aromatic N) is 3. The zero-order valence-electron chi connectivity index (χ0n) is 16.9. The summed E-state index contributed by atoms with van der Waals surface area (Å²) in [6.07, 6.45) is 7.28. The predicted molar refractivity (Wildman–Crippen MR) is 118 cm³/mol. The summed E-state index contributed by atoms with van der Waals surface area (Å²) in [5, 5.41) is 3.55. The largest absolute Gasteiger partial charge is 0.378 e. The highest BCUT2D eigenvalue weighted by atomic mass is 16.1. The Kier molecular flexibility index (Phi) is 6.58. The van der Waals surface area contributed by atoms with E-state index in [0.717, 1.165) is 28.8 Å². The highest BCUT2D eigenvalue weighted by Gasteiger charge is 2.04. The van der Waals surface area contributed by atoms with Gasteiger partial charge in [-0.1, -0.05) is 36.4 Å². The van der Waals surface area contributed by atoms with Crippen LogP contribution in [0.4, 0.5) is 11.4 Å². The normalized spacial score (nSPS) is 11.7. The van der Waals surface area contributed by atoms with Crippen LogP contribution in [0.1, 0.15) is 12.0 Å². The number of imidazole rings is 1. The molecule has 0 aliphatic carbocycles. The van der Waals surface area contributed by atoms with Crippen LogP contribution in [0, 0.1) is 6.92 Å². The highest BCUT2D eigenvalue weighted by molar-refractivity contribution is 5.74. The second kappa shape index (κ2) is 9.50. The van der Waals surface area contributed by atoms with Gasteiger partial charge in [-0.2, -0.15) is 0 Å². The van der Waals surface area contributed by atoms with Crippen molar-refractivity contribution in [2.45, 2.75) is 13.3 Å². The maximum absolute atomic E-state index is 10.5. The van der Waals surface area contributed by atoms with Crippen LogP contribution < -0.4 is 21.1 Å². The van der Waals surface area contributed by atoms with Crippen molar-refractivity contribution in [1.82, 2.24) is 9.97 Å². The molecule has 6 heteroatoms. The van der Waals surface area contributed by atoms with Crippen molar-refractivity contribution in [1.29, 1.82) is 0 Å². The minimum atomic E-state index is 0.657. The van der Waals surface area contributed by atoms with E-state index < -0.39 is 0 Å². The Hall–Kier alpha value is -3.67. The van der Waals surface area contributed by atoms with Crippen LogP contribution in [0.15, 0.2) is 65.8 Å². The Morgan fingerprint density at radius 2 is 1.97 bits per heavy atom. The van der Waals surface area contributed by atoms with Gasteiger partial charge in [-0.15, -0.1) is 0 Å². The number of aromatic nitrogens is 2. The number of allylic oxidation sites excluding steroid dienone is 1. The van der Waals surface area contributed by atoms with Crippen molar-refractivity contribution in [3.63, 3.8) is 0 Å². The molecule has 0 unspecified atom stereocenters. The van der Waals surface area contributed by atoms with Gasteiger partial charge < -0.3 is 15.2 Å². The molecule has 29 heavy (non-hydrogen) atoms. The lowest BCUT2D eigenvalue weighted by Crippen LogP contribution is -2.23. The third kappa shape index (κ3) is 5.42. The smallest absolute Gasteiger partial charge is 0.211 e. The SMILES string of the molecule is Cc1cccc(N(C)C)c1.O=CNc1cccc(-c2nc3c([nH]2)=CCC=CN=3)c1. The third-order valence-corrected chi connectivity index (χ3v) is 4.35. The number of aryl methyl sites for hydroxylation is 1. The van der Waals surface area contributed by atoms with Crippen molar-refractivity contribution in [2.75, 3.05) is 24.3 Å². The number of anilines is 2. The Morgan fingerprint density at radius 3 is 2.69 bits per heavy atom. The number of benzene rings is 2. The van der Waals surface area contributed by atoms with Gasteiger partial charge >= 0.3 is 0 Å².